The summed E-state index contributed by atoms with van der Waals surface area (Å²) in [4.78, 5) is 56.1. The first-order chi connectivity index (χ1) is 17.9. The number of carbonyl (C=O) groups excluding carboxylic acids is 3. The Morgan fingerprint density at radius 2 is 0.947 bits per heavy atom. The van der Waals surface area contributed by atoms with Gasteiger partial charge in [0.1, 0.15) is 38.6 Å². The lowest BCUT2D eigenvalue weighted by molar-refractivity contribution is -0.140. The lowest BCUT2D eigenvalue weighted by Crippen LogP contribution is -2.18. The Morgan fingerprint density at radius 3 is 1.29 bits per heavy atom. The van der Waals surface area contributed by atoms with Gasteiger partial charge in [-0.15, -0.1) is 0 Å². The predicted octanol–water partition coefficient (Wildman–Crippen LogP) is 4.63. The quantitative estimate of drug-likeness (QED) is 0.0934. The third kappa shape index (κ3) is 19.4. The molecule has 0 rings (SSSR count). The molecule has 0 aromatic heterocycles. The summed E-state index contributed by atoms with van der Waals surface area (Å²) in [5, 5.41) is 17.0. The van der Waals surface area contributed by atoms with E-state index >= 15 is 0 Å². The zero-order valence-electron chi connectivity index (χ0n) is 21.9. The van der Waals surface area contributed by atoms with Gasteiger partial charge in [-0.2, -0.15) is 0 Å². The van der Waals surface area contributed by atoms with Crippen molar-refractivity contribution in [3.8, 4) is 0 Å². The molecule has 13 heteroatoms. The summed E-state index contributed by atoms with van der Waals surface area (Å²) in [6.07, 6.45) is -0.284. The molecule has 0 heterocycles. The lowest BCUT2D eigenvalue weighted by Gasteiger charge is -2.11. The summed E-state index contributed by atoms with van der Waals surface area (Å²) in [6, 6.07) is 0. The summed E-state index contributed by atoms with van der Waals surface area (Å²) < 4.78 is 28.6. The van der Waals surface area contributed by atoms with Crippen LogP contribution in [0.25, 0.3) is 0 Å². The van der Waals surface area contributed by atoms with Crippen LogP contribution in [0.5, 0.6) is 0 Å². The van der Waals surface area contributed by atoms with Crippen molar-refractivity contribution in [2.45, 2.75) is 77.4 Å². The molecule has 216 valence electrons. The van der Waals surface area contributed by atoms with Gasteiger partial charge in [-0.25, -0.2) is 24.0 Å². The molecule has 0 aliphatic heterocycles. The van der Waals surface area contributed by atoms with Crippen LogP contribution in [-0.2, 0) is 38.0 Å². The molecule has 0 aliphatic carbocycles. The maximum absolute atomic E-state index is 11.9. The smallest absolute Gasteiger partial charge is 0.459 e. The molecule has 2 unspecified atom stereocenters. The fourth-order valence-corrected chi connectivity index (χ4v) is 2.97. The summed E-state index contributed by atoms with van der Waals surface area (Å²) in [5.41, 5.74) is 0.481. The third-order valence-corrected chi connectivity index (χ3v) is 4.93. The van der Waals surface area contributed by atoms with Crippen LogP contribution in [0.15, 0.2) is 24.3 Å². The molecule has 0 aromatic rings. The van der Waals surface area contributed by atoms with E-state index in [-0.39, 0.29) is 37.6 Å². The van der Waals surface area contributed by atoms with Crippen LogP contribution in [-0.4, -0.2) is 79.3 Å². The van der Waals surface area contributed by atoms with Gasteiger partial charge in [0.25, 0.3) is 0 Å². The Hall–Kier alpha value is -3.77. The van der Waals surface area contributed by atoms with Crippen molar-refractivity contribution in [3.63, 3.8) is 0 Å². The van der Waals surface area contributed by atoms with Crippen LogP contribution in [0.1, 0.15) is 65.2 Å². The summed E-state index contributed by atoms with van der Waals surface area (Å²) in [7, 11) is 0. The van der Waals surface area contributed by atoms with E-state index in [2.05, 4.69) is 22.6 Å². The average Bonchev–Trinajstić information content (AvgIpc) is 2.83. The van der Waals surface area contributed by atoms with Crippen LogP contribution in [0, 0.1) is 0 Å². The van der Waals surface area contributed by atoms with Crippen molar-refractivity contribution in [2.24, 2.45) is 0 Å². The molecular formula is C25H38O13. The van der Waals surface area contributed by atoms with Gasteiger partial charge in [0.15, 0.2) is 0 Å². The number of ether oxygens (including phenoxy) is 6. The second-order valence-electron chi connectivity index (χ2n) is 8.31. The van der Waals surface area contributed by atoms with E-state index in [0.717, 1.165) is 0 Å². The normalized spacial score (nSPS) is 11.8. The third-order valence-electron chi connectivity index (χ3n) is 4.93. The Morgan fingerprint density at radius 1 is 0.605 bits per heavy atom. The van der Waals surface area contributed by atoms with Crippen LogP contribution in [0.2, 0.25) is 0 Å². The monoisotopic (exact) mass is 546 g/mol. The van der Waals surface area contributed by atoms with Crippen molar-refractivity contribution in [1.29, 1.82) is 0 Å². The highest BCUT2D eigenvalue weighted by atomic mass is 16.7. The largest absolute Gasteiger partial charge is 0.508 e. The van der Waals surface area contributed by atoms with Crippen LogP contribution >= 0.6 is 0 Å². The van der Waals surface area contributed by atoms with Gasteiger partial charge >= 0.3 is 30.4 Å². The van der Waals surface area contributed by atoms with Gasteiger partial charge in [0, 0.05) is 11.1 Å². The van der Waals surface area contributed by atoms with Crippen molar-refractivity contribution in [2.75, 3.05) is 26.4 Å². The predicted molar refractivity (Wildman–Crippen MR) is 132 cm³/mol. The van der Waals surface area contributed by atoms with Crippen LogP contribution in [0.3, 0.4) is 0 Å². The van der Waals surface area contributed by atoms with Crippen LogP contribution < -0.4 is 0 Å². The molecular weight excluding hydrogens is 508 g/mol. The number of unbranched alkanes of at least 4 members (excludes halogenated alkanes) is 2. The zero-order valence-corrected chi connectivity index (χ0v) is 21.9. The second-order valence-corrected chi connectivity index (χ2v) is 8.31. The summed E-state index contributed by atoms with van der Waals surface area (Å²) in [6.45, 7) is 9.68. The Kier molecular flexibility index (Phi) is 18.3. The summed E-state index contributed by atoms with van der Waals surface area (Å²) in [5.74, 6) is -1.26. The number of carbonyl (C=O) groups is 5. The van der Waals surface area contributed by atoms with Gasteiger partial charge in [-0.3, -0.25) is 0 Å². The van der Waals surface area contributed by atoms with E-state index in [0.29, 0.717) is 51.4 Å². The topological polar surface area (TPSA) is 181 Å². The molecule has 0 saturated carbocycles. The first-order valence-electron chi connectivity index (χ1n) is 12.2. The van der Waals surface area contributed by atoms with E-state index in [9.17, 15) is 24.0 Å². The summed E-state index contributed by atoms with van der Waals surface area (Å²) >= 11 is 0. The maximum atomic E-state index is 11.9. The minimum Gasteiger partial charge on any atom is -0.459 e. The van der Waals surface area contributed by atoms with Crippen molar-refractivity contribution in [1.82, 2.24) is 0 Å². The van der Waals surface area contributed by atoms with E-state index in [1.807, 2.05) is 0 Å². The molecule has 0 aliphatic rings. The number of esters is 2. The molecule has 0 radical (unpaired) electrons. The van der Waals surface area contributed by atoms with Crippen molar-refractivity contribution in [3.05, 3.63) is 24.3 Å². The first-order valence-corrected chi connectivity index (χ1v) is 12.2. The first kappa shape index (κ1) is 34.2. The Balaban J connectivity index is 3.80. The van der Waals surface area contributed by atoms with Gasteiger partial charge in [-0.1, -0.05) is 13.2 Å². The molecule has 13 nitrogen and oxygen atoms in total. The van der Waals surface area contributed by atoms with Crippen LogP contribution in [0.4, 0.5) is 14.4 Å². The second kappa shape index (κ2) is 20.3. The van der Waals surface area contributed by atoms with E-state index < -0.39 is 42.6 Å². The van der Waals surface area contributed by atoms with Gasteiger partial charge in [0.05, 0.1) is 0 Å². The highest BCUT2D eigenvalue weighted by Crippen LogP contribution is 2.13. The zero-order chi connectivity index (χ0) is 28.9. The number of hydrogen-bond acceptors (Lipinski definition) is 11. The Labute approximate surface area is 221 Å². The number of rotatable bonds is 20. The Bertz CT molecular complexity index is 741. The van der Waals surface area contributed by atoms with E-state index in [1.165, 1.54) is 0 Å². The molecule has 0 spiro atoms. The van der Waals surface area contributed by atoms with Gasteiger partial charge < -0.3 is 38.6 Å². The molecule has 0 amide bonds. The SMILES string of the molecule is C=C(CCCCC(C)OC(=O)O)C(=O)OCCOC(=O)OCCOC(=O)C(=C)CCCCC(C)OC(=O)O. The highest BCUT2D eigenvalue weighted by molar-refractivity contribution is 5.88. The molecule has 0 fully saturated rings. The van der Waals surface area contributed by atoms with Crippen molar-refractivity contribution >= 4 is 30.4 Å². The van der Waals surface area contributed by atoms with E-state index in [1.54, 1.807) is 13.8 Å². The van der Waals surface area contributed by atoms with Gasteiger partial charge in [0.2, 0.25) is 0 Å². The fourth-order valence-electron chi connectivity index (χ4n) is 2.97. The average molecular weight is 547 g/mol. The fraction of sp³-hybridized carbons (Fsp3) is 0.640. The number of carboxylic acid groups (broad SMARTS) is 2. The van der Waals surface area contributed by atoms with Gasteiger partial charge in [-0.05, 0) is 65.2 Å². The molecule has 0 saturated heterocycles. The maximum Gasteiger partial charge on any atom is 0.508 e. The van der Waals surface area contributed by atoms with Crippen molar-refractivity contribution < 1.29 is 62.6 Å². The molecule has 0 bridgehead atoms. The molecule has 38 heavy (non-hydrogen) atoms. The highest BCUT2D eigenvalue weighted by Gasteiger charge is 2.13. The molecule has 2 atom stereocenters. The van der Waals surface area contributed by atoms with E-state index in [4.69, 9.17) is 29.2 Å². The standard InChI is InChI=1S/C25H38O13/c1-17(9-5-7-11-19(3)37-23(28)29)21(26)33-13-15-35-25(32)36-16-14-34-22(27)18(2)10-6-8-12-20(4)38-24(30)31/h19-20H,1-2,5-16H2,3-4H3,(H,28,29)(H,30,31). The minimum atomic E-state index is -1.33. The molecule has 2 N–H and O–H groups in total. The minimum absolute atomic E-state index is 0.202. The lowest BCUT2D eigenvalue weighted by atomic mass is 10.1. The number of hydrogen-bond donors (Lipinski definition) is 2. The molecule has 0 aromatic carbocycles.